The van der Waals surface area contributed by atoms with Crippen molar-refractivity contribution in [3.8, 4) is 56.0 Å². The molecule has 10 aromatic carbocycles. The minimum atomic E-state index is -0.138. The summed E-state index contributed by atoms with van der Waals surface area (Å²) in [4.78, 5) is 9.95. The second-order valence-corrected chi connectivity index (χ2v) is 20.8. The standard InChI is InChI=1S/C70H47N4O.Pt/c1-70(2,3)46-39-62-56-28-15-12-25-53(56)57-36-34-47(41-63(57)72-43-73(65(40-46)68(62)72)66-49(44-19-6-4-7-20-44)29-16-30-50(66)45-21-8-5-9-22-45)75-48-35-37-58-60-32-17-31-59-54-26-13-10-23-51(54)52-24-11-14-27-55(52)61-33-18-38-71-69(61)74(67(59)60)64(58)42-48;/h4-40,43H,1-3H3;/q-3;. The predicted octanol–water partition coefficient (Wildman–Crippen LogP) is 18.7. The van der Waals surface area contributed by atoms with Gasteiger partial charge in [-0.1, -0.05) is 207 Å². The van der Waals surface area contributed by atoms with Crippen LogP contribution >= 0.6 is 0 Å². The third-order valence-electron chi connectivity index (χ3n) is 15.4. The monoisotopic (exact) mass is 1150 g/mol. The Morgan fingerprint density at radius 1 is 0.434 bits per heavy atom. The van der Waals surface area contributed by atoms with Gasteiger partial charge in [0, 0.05) is 88.8 Å². The molecular formula is C70H47N4OPt-3. The van der Waals surface area contributed by atoms with Crippen molar-refractivity contribution >= 4 is 82.5 Å². The molecule has 0 radical (unpaired) electrons. The molecular weight excluding hydrogens is 1110 g/mol. The molecule has 0 fully saturated rings. The average molecular weight is 1160 g/mol. The Morgan fingerprint density at radius 3 is 1.63 bits per heavy atom. The third-order valence-corrected chi connectivity index (χ3v) is 15.4. The summed E-state index contributed by atoms with van der Waals surface area (Å²) < 4.78 is 9.33. The first-order valence-electron chi connectivity index (χ1n) is 25.7. The summed E-state index contributed by atoms with van der Waals surface area (Å²) in [7, 11) is 0. The Balaban J connectivity index is 0.00000528. The van der Waals surface area contributed by atoms with Crippen molar-refractivity contribution in [1.29, 1.82) is 0 Å². The van der Waals surface area contributed by atoms with E-state index in [9.17, 15) is 0 Å². The van der Waals surface area contributed by atoms with Gasteiger partial charge in [0.1, 0.15) is 5.65 Å². The summed E-state index contributed by atoms with van der Waals surface area (Å²) in [5, 5.41) is 9.02. The van der Waals surface area contributed by atoms with Crippen LogP contribution in [0.15, 0.2) is 225 Å². The van der Waals surface area contributed by atoms with Gasteiger partial charge in [-0.3, -0.25) is 0 Å². The van der Waals surface area contributed by atoms with Gasteiger partial charge in [-0.25, -0.2) is 4.98 Å². The third kappa shape index (κ3) is 7.06. The smallest absolute Gasteiger partial charge is 0.143 e. The molecule has 0 spiro atoms. The zero-order valence-corrected chi connectivity index (χ0v) is 44.2. The van der Waals surface area contributed by atoms with E-state index in [0.29, 0.717) is 11.5 Å². The fourth-order valence-electron chi connectivity index (χ4n) is 11.9. The summed E-state index contributed by atoms with van der Waals surface area (Å²) in [5.41, 5.74) is 17.3. The molecule has 0 amide bonds. The molecule has 3 aromatic heterocycles. The molecule has 0 aliphatic carbocycles. The molecule has 76 heavy (non-hydrogen) atoms. The maximum absolute atomic E-state index is 7.03. The molecule has 0 unspecified atom stereocenters. The Morgan fingerprint density at radius 2 is 0.961 bits per heavy atom. The van der Waals surface area contributed by atoms with E-state index in [-0.39, 0.29) is 26.5 Å². The largest absolute Gasteiger partial charge is 0.509 e. The zero-order valence-electron chi connectivity index (χ0n) is 42.0. The molecule has 0 saturated carbocycles. The first-order chi connectivity index (χ1) is 36.9. The first kappa shape index (κ1) is 45.8. The molecule has 5 nitrogen and oxygen atoms in total. The summed E-state index contributed by atoms with van der Waals surface area (Å²) in [6.45, 7) is 9.20. The Hall–Kier alpha value is -8.76. The Labute approximate surface area is 455 Å². The average Bonchev–Trinajstić information content (AvgIpc) is 4.06. The summed E-state index contributed by atoms with van der Waals surface area (Å²) in [6.07, 6.45) is 1.89. The van der Waals surface area contributed by atoms with E-state index in [1.165, 1.54) is 32.8 Å². The first-order valence-corrected chi connectivity index (χ1v) is 25.7. The molecule has 2 aliphatic rings. The van der Waals surface area contributed by atoms with E-state index >= 15 is 0 Å². The van der Waals surface area contributed by atoms with Crippen LogP contribution in [-0.2, 0) is 26.5 Å². The fourth-order valence-corrected chi connectivity index (χ4v) is 11.9. The van der Waals surface area contributed by atoms with Crippen molar-refractivity contribution in [2.45, 2.75) is 26.2 Å². The van der Waals surface area contributed by atoms with Crippen LogP contribution in [0.25, 0.3) is 104 Å². The van der Waals surface area contributed by atoms with Gasteiger partial charge in [0.2, 0.25) is 0 Å². The quantitative estimate of drug-likeness (QED) is 0.161. The van der Waals surface area contributed by atoms with Crippen LogP contribution < -0.4 is 14.5 Å². The van der Waals surface area contributed by atoms with Gasteiger partial charge in [-0.05, 0) is 78.9 Å². The number of benzene rings is 10. The van der Waals surface area contributed by atoms with Gasteiger partial charge in [-0.15, -0.1) is 41.9 Å². The maximum Gasteiger partial charge on any atom is 0.143 e. The summed E-state index contributed by atoms with van der Waals surface area (Å²) in [5.74, 6) is 1.17. The van der Waals surface area contributed by atoms with Crippen LogP contribution in [0.2, 0.25) is 0 Å². The molecule has 13 aromatic rings. The fraction of sp³-hybridized carbons (Fsp3) is 0.0571. The van der Waals surface area contributed by atoms with Gasteiger partial charge in [0.05, 0.1) is 0 Å². The van der Waals surface area contributed by atoms with Crippen LogP contribution in [0.1, 0.15) is 26.3 Å². The van der Waals surface area contributed by atoms with Crippen molar-refractivity contribution in [2.24, 2.45) is 0 Å². The van der Waals surface area contributed by atoms with Crippen LogP contribution in [0, 0.1) is 18.8 Å². The SMILES string of the molecule is CC(C)(C)c1cc2c3c(c1)N(c1c(-c4ccccc4)cccc1-c1ccccc1)[CH-]N3c1[c-]c(Oc3[c-]c4c(cc3)c3cccc5c6ccccc6c6ccccc6c6cccnc6n4c53)ccc1-c1ccccc1-2.[Pt]. The van der Waals surface area contributed by atoms with Crippen LogP contribution in [0.3, 0.4) is 0 Å². The number of hydrogen-bond donors (Lipinski definition) is 0. The predicted molar refractivity (Wildman–Crippen MR) is 311 cm³/mol. The molecule has 6 heteroatoms. The van der Waals surface area contributed by atoms with Crippen LogP contribution in [-0.4, -0.2) is 9.38 Å². The van der Waals surface area contributed by atoms with E-state index < -0.39 is 0 Å². The van der Waals surface area contributed by atoms with E-state index in [0.717, 1.165) is 99.7 Å². The van der Waals surface area contributed by atoms with Crippen molar-refractivity contribution < 1.29 is 25.8 Å². The minimum absolute atomic E-state index is 0. The number of pyridine rings is 1. The summed E-state index contributed by atoms with van der Waals surface area (Å²) >= 11 is 0. The van der Waals surface area contributed by atoms with Crippen molar-refractivity contribution in [3.05, 3.63) is 249 Å². The number of hydrogen-bond acceptors (Lipinski definition) is 4. The van der Waals surface area contributed by atoms with Crippen molar-refractivity contribution in [2.75, 3.05) is 9.80 Å². The van der Waals surface area contributed by atoms with Gasteiger partial charge in [0.15, 0.2) is 0 Å². The van der Waals surface area contributed by atoms with Gasteiger partial charge in [0.25, 0.3) is 0 Å². The molecule has 0 saturated heterocycles. The number of rotatable bonds is 5. The number of nitrogens with zero attached hydrogens (tertiary/aromatic N) is 4. The van der Waals surface area contributed by atoms with Gasteiger partial charge < -0.3 is 18.9 Å². The maximum atomic E-state index is 7.03. The molecule has 0 bridgehead atoms. The molecule has 0 N–H and O–H groups in total. The van der Waals surface area contributed by atoms with E-state index in [1.54, 1.807) is 0 Å². The Kier molecular flexibility index (Phi) is 10.7. The Bertz CT molecular complexity index is 4480. The van der Waals surface area contributed by atoms with E-state index in [1.807, 2.05) is 18.3 Å². The molecule has 366 valence electrons. The summed E-state index contributed by atoms with van der Waals surface area (Å²) in [6, 6.07) is 86.2. The number of para-hydroxylation sites is 2. The van der Waals surface area contributed by atoms with Crippen molar-refractivity contribution in [1.82, 2.24) is 9.38 Å². The zero-order chi connectivity index (χ0) is 49.9. The van der Waals surface area contributed by atoms with E-state index in [4.69, 9.17) is 9.72 Å². The van der Waals surface area contributed by atoms with Crippen LogP contribution in [0.5, 0.6) is 11.5 Å². The second-order valence-electron chi connectivity index (χ2n) is 20.8. The van der Waals surface area contributed by atoms with Crippen molar-refractivity contribution in [3.63, 3.8) is 0 Å². The number of ether oxygens (including phenoxy) is 1. The second kappa shape index (κ2) is 17.7. The van der Waals surface area contributed by atoms with Gasteiger partial charge >= 0.3 is 0 Å². The van der Waals surface area contributed by atoms with Gasteiger partial charge in [-0.2, -0.15) is 12.1 Å². The molecule has 5 heterocycles. The van der Waals surface area contributed by atoms with E-state index in [2.05, 4.69) is 260 Å². The minimum Gasteiger partial charge on any atom is -0.509 e. The number of fused-ring (bicyclic) bond motifs is 15. The molecule has 15 rings (SSSR count). The number of anilines is 4. The normalized spacial score (nSPS) is 12.7. The topological polar surface area (TPSA) is 33.0 Å². The molecule has 0 atom stereocenters. The number of aromatic nitrogens is 2. The van der Waals surface area contributed by atoms with Crippen LogP contribution in [0.4, 0.5) is 22.7 Å². The molecule has 2 aliphatic heterocycles.